The summed E-state index contributed by atoms with van der Waals surface area (Å²) in [6.45, 7) is 0. The number of nitrogens with one attached hydrogen (secondary N) is 1. The van der Waals surface area contributed by atoms with Gasteiger partial charge in [0.05, 0.1) is 22.1 Å². The molecule has 0 fully saturated rings. The van der Waals surface area contributed by atoms with Crippen LogP contribution in [0.1, 0.15) is 5.56 Å². The molecule has 0 spiro atoms. The normalized spacial score (nSPS) is 9.85. The third-order valence-electron chi connectivity index (χ3n) is 2.87. The molecule has 0 radical (unpaired) electrons. The summed E-state index contributed by atoms with van der Waals surface area (Å²) in [7, 11) is 3.38. The van der Waals surface area contributed by atoms with Gasteiger partial charge in [-0.25, -0.2) is 0 Å². The van der Waals surface area contributed by atoms with Crippen LogP contribution in [0.25, 0.3) is 0 Å². The molecule has 11 heteroatoms. The van der Waals surface area contributed by atoms with E-state index in [0.717, 1.165) is 18.5 Å². The summed E-state index contributed by atoms with van der Waals surface area (Å²) < 4.78 is 0. The van der Waals surface area contributed by atoms with E-state index in [2.05, 4.69) is 10.5 Å². The number of nitro benzene ring substituents is 2. The zero-order chi connectivity index (χ0) is 20.4. The number of non-ortho nitro benzene ring substituents is 1. The summed E-state index contributed by atoms with van der Waals surface area (Å²) in [5.74, 6) is 0.0604. The number of benzene rings is 2. The van der Waals surface area contributed by atoms with Crippen molar-refractivity contribution in [1.29, 1.82) is 0 Å². The van der Waals surface area contributed by atoms with E-state index in [1.54, 1.807) is 26.2 Å². The van der Waals surface area contributed by atoms with Crippen LogP contribution in [-0.4, -0.2) is 46.6 Å². The first-order valence-electron chi connectivity index (χ1n) is 7.37. The SMILES string of the molecule is CN(C)C=O.O=[N+]([O-])c1ccc(N/N=C/c2cccc(O)c2)c([N+](=O)[O-])c1. The van der Waals surface area contributed by atoms with E-state index in [4.69, 9.17) is 0 Å². The zero-order valence-electron chi connectivity index (χ0n) is 14.5. The number of hydrogen-bond acceptors (Lipinski definition) is 8. The Kier molecular flexibility index (Phi) is 7.85. The summed E-state index contributed by atoms with van der Waals surface area (Å²) in [6, 6.07) is 9.43. The maximum Gasteiger partial charge on any atom is 0.301 e. The molecule has 2 N–H and O–H groups in total. The van der Waals surface area contributed by atoms with Crippen molar-refractivity contribution in [3.8, 4) is 5.75 Å². The number of anilines is 1. The lowest BCUT2D eigenvalue weighted by Crippen LogP contribution is -2.06. The lowest BCUT2D eigenvalue weighted by atomic mass is 10.2. The molecule has 27 heavy (non-hydrogen) atoms. The molecule has 0 aliphatic rings. The molecule has 1 amide bonds. The average molecular weight is 375 g/mol. The second kappa shape index (κ2) is 10.1. The molecule has 0 bridgehead atoms. The van der Waals surface area contributed by atoms with Crippen LogP contribution in [0, 0.1) is 20.2 Å². The summed E-state index contributed by atoms with van der Waals surface area (Å²) >= 11 is 0. The van der Waals surface area contributed by atoms with Crippen LogP contribution < -0.4 is 5.43 Å². The van der Waals surface area contributed by atoms with Crippen molar-refractivity contribution in [2.45, 2.75) is 0 Å². The first-order chi connectivity index (χ1) is 12.7. The Hall–Kier alpha value is -4.02. The second-order valence-electron chi connectivity index (χ2n) is 5.25. The van der Waals surface area contributed by atoms with Crippen molar-refractivity contribution in [3.05, 3.63) is 68.3 Å². The number of amides is 1. The van der Waals surface area contributed by atoms with E-state index in [1.807, 2.05) is 0 Å². The molecule has 11 nitrogen and oxygen atoms in total. The van der Waals surface area contributed by atoms with Gasteiger partial charge in [-0.2, -0.15) is 5.10 Å². The van der Waals surface area contributed by atoms with E-state index in [0.29, 0.717) is 5.56 Å². The summed E-state index contributed by atoms with van der Waals surface area (Å²) in [4.78, 5) is 31.0. The third-order valence-corrected chi connectivity index (χ3v) is 2.87. The largest absolute Gasteiger partial charge is 0.508 e. The number of phenols is 1. The minimum absolute atomic E-state index is 0.0204. The lowest BCUT2D eigenvalue weighted by molar-refractivity contribution is -0.393. The number of rotatable bonds is 6. The number of aromatic hydroxyl groups is 1. The highest BCUT2D eigenvalue weighted by molar-refractivity contribution is 5.81. The zero-order valence-corrected chi connectivity index (χ0v) is 14.5. The first-order valence-corrected chi connectivity index (χ1v) is 7.37. The van der Waals surface area contributed by atoms with Crippen molar-refractivity contribution >= 4 is 29.7 Å². The highest BCUT2D eigenvalue weighted by atomic mass is 16.6. The monoisotopic (exact) mass is 375 g/mol. The molecule has 2 aromatic rings. The van der Waals surface area contributed by atoms with Crippen LogP contribution in [-0.2, 0) is 4.79 Å². The van der Waals surface area contributed by atoms with Gasteiger partial charge in [0.2, 0.25) is 6.41 Å². The van der Waals surface area contributed by atoms with E-state index in [-0.39, 0.29) is 17.1 Å². The highest BCUT2D eigenvalue weighted by Gasteiger charge is 2.18. The number of nitro groups is 2. The second-order valence-corrected chi connectivity index (χ2v) is 5.25. The molecule has 0 aromatic heterocycles. The number of nitrogens with zero attached hydrogens (tertiary/aromatic N) is 4. The quantitative estimate of drug-likeness (QED) is 0.340. The number of carbonyl (C=O) groups excluding carboxylic acids is 1. The molecular formula is C16H17N5O6. The fraction of sp³-hybridized carbons (Fsp3) is 0.125. The van der Waals surface area contributed by atoms with Gasteiger partial charge in [0.25, 0.3) is 5.69 Å². The molecule has 0 unspecified atom stereocenters. The van der Waals surface area contributed by atoms with Crippen LogP contribution in [0.4, 0.5) is 17.1 Å². The topological polar surface area (TPSA) is 151 Å². The number of phenolic OH excluding ortho intramolecular Hbond substituents is 1. The molecule has 0 heterocycles. The van der Waals surface area contributed by atoms with Crippen molar-refractivity contribution in [2.75, 3.05) is 19.5 Å². The predicted molar refractivity (Wildman–Crippen MR) is 98.8 cm³/mol. The Morgan fingerprint density at radius 1 is 1.11 bits per heavy atom. The van der Waals surface area contributed by atoms with Crippen molar-refractivity contribution in [2.24, 2.45) is 5.10 Å². The number of carbonyl (C=O) groups is 1. The van der Waals surface area contributed by atoms with Gasteiger partial charge in [0.15, 0.2) is 0 Å². The smallest absolute Gasteiger partial charge is 0.301 e. The maximum atomic E-state index is 10.9. The molecule has 0 aliphatic heterocycles. The lowest BCUT2D eigenvalue weighted by Gasteiger charge is -2.02. The van der Waals surface area contributed by atoms with Gasteiger partial charge in [-0.15, -0.1) is 0 Å². The van der Waals surface area contributed by atoms with E-state index in [9.17, 15) is 30.1 Å². The van der Waals surface area contributed by atoms with Crippen LogP contribution in [0.2, 0.25) is 0 Å². The average Bonchev–Trinajstić information content (AvgIpc) is 2.62. The molecule has 0 saturated carbocycles. The molecule has 0 saturated heterocycles. The Bertz CT molecular complexity index is 853. The maximum absolute atomic E-state index is 10.9. The van der Waals surface area contributed by atoms with Crippen LogP contribution in [0.15, 0.2) is 47.6 Å². The van der Waals surface area contributed by atoms with Gasteiger partial charge in [-0.1, -0.05) is 12.1 Å². The van der Waals surface area contributed by atoms with Crippen LogP contribution in [0.5, 0.6) is 5.75 Å². The van der Waals surface area contributed by atoms with E-state index in [1.165, 1.54) is 29.3 Å². The minimum atomic E-state index is -0.737. The van der Waals surface area contributed by atoms with Gasteiger partial charge in [0, 0.05) is 20.2 Å². The number of hydrazone groups is 1. The van der Waals surface area contributed by atoms with Crippen LogP contribution in [0.3, 0.4) is 0 Å². The van der Waals surface area contributed by atoms with Gasteiger partial charge in [-0.05, 0) is 23.8 Å². The Balaban J connectivity index is 0.000000646. The minimum Gasteiger partial charge on any atom is -0.508 e. The third kappa shape index (κ3) is 7.17. The highest BCUT2D eigenvalue weighted by Crippen LogP contribution is 2.28. The van der Waals surface area contributed by atoms with Crippen LogP contribution >= 0.6 is 0 Å². The van der Waals surface area contributed by atoms with E-state index < -0.39 is 15.5 Å². The summed E-state index contributed by atoms with van der Waals surface area (Å²) in [6.07, 6.45) is 2.10. The van der Waals surface area contributed by atoms with Gasteiger partial charge >= 0.3 is 5.69 Å². The first kappa shape index (κ1) is 21.0. The summed E-state index contributed by atoms with van der Waals surface area (Å²) in [5.41, 5.74) is 2.22. The molecular weight excluding hydrogens is 358 g/mol. The van der Waals surface area contributed by atoms with Crippen molar-refractivity contribution < 1.29 is 19.7 Å². The molecule has 142 valence electrons. The fourth-order valence-corrected chi connectivity index (χ4v) is 1.66. The summed E-state index contributed by atoms with van der Waals surface area (Å²) in [5, 5.41) is 34.7. The van der Waals surface area contributed by atoms with Crippen molar-refractivity contribution in [3.63, 3.8) is 0 Å². The van der Waals surface area contributed by atoms with Gasteiger partial charge in [-0.3, -0.25) is 30.4 Å². The fourth-order valence-electron chi connectivity index (χ4n) is 1.66. The molecule has 2 rings (SSSR count). The predicted octanol–water partition coefficient (Wildman–Crippen LogP) is 2.36. The van der Waals surface area contributed by atoms with Gasteiger partial charge in [0.1, 0.15) is 11.4 Å². The number of hydrogen-bond donors (Lipinski definition) is 2. The van der Waals surface area contributed by atoms with E-state index >= 15 is 0 Å². The standard InChI is InChI=1S/C13H10N4O5.C3H7NO/c18-11-3-1-2-9(6-11)8-14-15-12-5-4-10(16(19)20)7-13(12)17(21)22;1-4(2)3-5/h1-8,15,18H;3H,1-2H3/b14-8+;. The van der Waals surface area contributed by atoms with Gasteiger partial charge < -0.3 is 10.0 Å². The Morgan fingerprint density at radius 3 is 2.30 bits per heavy atom. The molecule has 2 aromatic carbocycles. The van der Waals surface area contributed by atoms with Crippen molar-refractivity contribution in [1.82, 2.24) is 4.90 Å². The Labute approximate surface area is 153 Å². The Morgan fingerprint density at radius 2 is 1.78 bits per heavy atom. The molecule has 0 aliphatic carbocycles. The molecule has 0 atom stereocenters.